The number of hydrogen-bond acceptors (Lipinski definition) is 3. The third kappa shape index (κ3) is 4.06. The van der Waals surface area contributed by atoms with E-state index in [0.29, 0.717) is 0 Å². The summed E-state index contributed by atoms with van der Waals surface area (Å²) in [5, 5.41) is 5.22. The van der Waals surface area contributed by atoms with Gasteiger partial charge in [0.05, 0.1) is 15.5 Å². The molecule has 21 heavy (non-hydrogen) atoms. The molecule has 0 unspecified atom stereocenters. The highest BCUT2D eigenvalue weighted by molar-refractivity contribution is 7.89. The molecule has 1 amide bonds. The van der Waals surface area contributed by atoms with Gasteiger partial charge >= 0.3 is 0 Å². The van der Waals surface area contributed by atoms with Gasteiger partial charge in [0.15, 0.2) is 0 Å². The molecule has 0 fully saturated rings. The maximum Gasteiger partial charge on any atom is 0.257 e. The predicted molar refractivity (Wildman–Crippen MR) is 83.8 cm³/mol. The number of nitrogens with two attached hydrogens (primary N) is 1. The summed E-state index contributed by atoms with van der Waals surface area (Å²) in [4.78, 5) is 13.9. The van der Waals surface area contributed by atoms with E-state index in [4.69, 9.17) is 16.7 Å². The van der Waals surface area contributed by atoms with Crippen LogP contribution >= 0.6 is 11.6 Å². The SMILES string of the molecule is C=CCN(C(=O)c1c(Cl)cccc1S(N)(=O)=O)C(C)(C)C. The fraction of sp³-hybridized carbons (Fsp3) is 0.357. The van der Waals surface area contributed by atoms with E-state index in [9.17, 15) is 13.2 Å². The monoisotopic (exact) mass is 330 g/mol. The third-order valence-electron chi connectivity index (χ3n) is 2.86. The molecule has 0 aliphatic carbocycles. The van der Waals surface area contributed by atoms with Gasteiger partial charge < -0.3 is 4.90 Å². The van der Waals surface area contributed by atoms with E-state index in [0.717, 1.165) is 0 Å². The maximum atomic E-state index is 12.7. The number of benzene rings is 1. The van der Waals surface area contributed by atoms with Crippen LogP contribution in [0.15, 0.2) is 35.7 Å². The van der Waals surface area contributed by atoms with E-state index in [1.54, 1.807) is 6.08 Å². The zero-order valence-electron chi connectivity index (χ0n) is 12.3. The van der Waals surface area contributed by atoms with Crippen molar-refractivity contribution in [2.75, 3.05) is 6.54 Å². The molecule has 0 saturated carbocycles. The van der Waals surface area contributed by atoms with Crippen LogP contribution in [0.3, 0.4) is 0 Å². The molecule has 0 radical (unpaired) electrons. The van der Waals surface area contributed by atoms with Crippen molar-refractivity contribution in [3.8, 4) is 0 Å². The summed E-state index contributed by atoms with van der Waals surface area (Å²) in [5.74, 6) is -0.503. The van der Waals surface area contributed by atoms with Gasteiger partial charge in [0.2, 0.25) is 10.0 Å². The lowest BCUT2D eigenvalue weighted by Crippen LogP contribution is -2.46. The van der Waals surface area contributed by atoms with Crippen molar-refractivity contribution in [1.82, 2.24) is 4.90 Å². The molecule has 1 rings (SSSR count). The fourth-order valence-corrected chi connectivity index (χ4v) is 2.94. The molecule has 7 heteroatoms. The molecule has 1 aromatic carbocycles. The Hall–Kier alpha value is -1.37. The molecule has 2 N–H and O–H groups in total. The zero-order chi connectivity index (χ0) is 16.4. The average Bonchev–Trinajstić information content (AvgIpc) is 2.32. The minimum atomic E-state index is -4.05. The topological polar surface area (TPSA) is 80.5 Å². The summed E-state index contributed by atoms with van der Waals surface area (Å²) in [7, 11) is -4.05. The lowest BCUT2D eigenvalue weighted by molar-refractivity contribution is 0.0612. The van der Waals surface area contributed by atoms with Crippen molar-refractivity contribution in [1.29, 1.82) is 0 Å². The lowest BCUT2D eigenvalue weighted by Gasteiger charge is -2.35. The summed E-state index contributed by atoms with van der Waals surface area (Å²) < 4.78 is 23.3. The number of amides is 1. The second-order valence-electron chi connectivity index (χ2n) is 5.53. The highest BCUT2D eigenvalue weighted by Gasteiger charge is 2.31. The molecule has 0 aliphatic rings. The molecular formula is C14H19ClN2O3S. The van der Waals surface area contributed by atoms with E-state index < -0.39 is 21.5 Å². The smallest absolute Gasteiger partial charge is 0.257 e. The minimum absolute atomic E-state index is 0.0461. The van der Waals surface area contributed by atoms with Gasteiger partial charge in [-0.15, -0.1) is 6.58 Å². The lowest BCUT2D eigenvalue weighted by atomic mass is 10.0. The highest BCUT2D eigenvalue weighted by Crippen LogP contribution is 2.27. The summed E-state index contributed by atoms with van der Waals surface area (Å²) in [6.45, 7) is 9.38. The van der Waals surface area contributed by atoms with E-state index in [2.05, 4.69) is 6.58 Å². The molecule has 0 bridgehead atoms. The van der Waals surface area contributed by atoms with Crippen LogP contribution in [-0.4, -0.2) is 31.3 Å². The van der Waals surface area contributed by atoms with Crippen LogP contribution in [0.1, 0.15) is 31.1 Å². The molecule has 0 aromatic heterocycles. The molecular weight excluding hydrogens is 312 g/mol. The Balaban J connectivity index is 3.52. The fourth-order valence-electron chi connectivity index (χ4n) is 1.87. The third-order valence-corrected chi connectivity index (χ3v) is 4.13. The van der Waals surface area contributed by atoms with Crippen LogP contribution in [0.4, 0.5) is 0 Å². The van der Waals surface area contributed by atoms with E-state index in [1.165, 1.54) is 23.1 Å². The molecule has 116 valence electrons. The molecule has 0 saturated heterocycles. The van der Waals surface area contributed by atoms with Crippen molar-refractivity contribution >= 4 is 27.5 Å². The second kappa shape index (κ2) is 6.17. The highest BCUT2D eigenvalue weighted by atomic mass is 35.5. The van der Waals surface area contributed by atoms with Crippen LogP contribution in [0.2, 0.25) is 5.02 Å². The van der Waals surface area contributed by atoms with Gasteiger partial charge in [0, 0.05) is 12.1 Å². The number of nitrogens with zero attached hydrogens (tertiary/aromatic N) is 1. The van der Waals surface area contributed by atoms with Crippen LogP contribution in [0, 0.1) is 0 Å². The molecule has 1 aromatic rings. The van der Waals surface area contributed by atoms with Gasteiger partial charge in [-0.1, -0.05) is 23.7 Å². The summed E-state index contributed by atoms with van der Waals surface area (Å²) in [6, 6.07) is 4.16. The number of hydrogen-bond donors (Lipinski definition) is 1. The minimum Gasteiger partial charge on any atom is -0.330 e. The van der Waals surface area contributed by atoms with Gasteiger partial charge in [-0.2, -0.15) is 0 Å². The molecule has 0 spiro atoms. The standard InChI is InChI=1S/C14H19ClN2O3S/c1-5-9-17(14(2,3)4)13(18)12-10(15)7-6-8-11(12)21(16,19)20/h5-8H,1,9H2,2-4H3,(H2,16,19,20). The summed E-state index contributed by atoms with van der Waals surface area (Å²) in [6.07, 6.45) is 1.57. The summed E-state index contributed by atoms with van der Waals surface area (Å²) in [5.41, 5.74) is -0.640. The number of primary sulfonamides is 1. The van der Waals surface area contributed by atoms with Gasteiger partial charge in [0.25, 0.3) is 5.91 Å². The van der Waals surface area contributed by atoms with Crippen molar-refractivity contribution in [2.24, 2.45) is 5.14 Å². The number of rotatable bonds is 4. The Morgan fingerprint density at radius 3 is 2.43 bits per heavy atom. The Bertz CT molecular complexity index is 663. The van der Waals surface area contributed by atoms with Crippen LogP contribution in [0.25, 0.3) is 0 Å². The van der Waals surface area contributed by atoms with E-state index in [1.807, 2.05) is 20.8 Å². The number of halogens is 1. The molecule has 0 aliphatic heterocycles. The zero-order valence-corrected chi connectivity index (χ0v) is 13.8. The van der Waals surface area contributed by atoms with Gasteiger partial charge in [-0.05, 0) is 32.9 Å². The first-order valence-corrected chi connectivity index (χ1v) is 8.16. The van der Waals surface area contributed by atoms with Crippen molar-refractivity contribution in [3.63, 3.8) is 0 Å². The van der Waals surface area contributed by atoms with Crippen molar-refractivity contribution in [3.05, 3.63) is 41.4 Å². The number of sulfonamides is 1. The molecule has 5 nitrogen and oxygen atoms in total. The molecule has 0 heterocycles. The first-order chi connectivity index (χ1) is 9.50. The van der Waals surface area contributed by atoms with Gasteiger partial charge in [0.1, 0.15) is 0 Å². The second-order valence-corrected chi connectivity index (χ2v) is 7.47. The Morgan fingerprint density at radius 2 is 2.00 bits per heavy atom. The number of carbonyl (C=O) groups excluding carboxylic acids is 1. The van der Waals surface area contributed by atoms with Crippen molar-refractivity contribution < 1.29 is 13.2 Å². The Morgan fingerprint density at radius 1 is 1.43 bits per heavy atom. The summed E-state index contributed by atoms with van der Waals surface area (Å²) >= 11 is 6.03. The van der Waals surface area contributed by atoms with Crippen LogP contribution < -0.4 is 5.14 Å². The quantitative estimate of drug-likeness (QED) is 0.861. The largest absolute Gasteiger partial charge is 0.330 e. The predicted octanol–water partition coefficient (Wildman–Crippen LogP) is 2.41. The molecule has 0 atom stereocenters. The van der Waals surface area contributed by atoms with E-state index in [-0.39, 0.29) is 22.0 Å². The van der Waals surface area contributed by atoms with Gasteiger partial charge in [-0.25, -0.2) is 13.6 Å². The Kier molecular flexibility index (Phi) is 5.20. The Labute approximate surface area is 130 Å². The normalized spacial score (nSPS) is 12.0. The van der Waals surface area contributed by atoms with Crippen molar-refractivity contribution in [2.45, 2.75) is 31.2 Å². The first-order valence-electron chi connectivity index (χ1n) is 6.24. The van der Waals surface area contributed by atoms with E-state index >= 15 is 0 Å². The number of carbonyl (C=O) groups is 1. The van der Waals surface area contributed by atoms with Gasteiger partial charge in [-0.3, -0.25) is 4.79 Å². The average molecular weight is 331 g/mol. The van der Waals surface area contributed by atoms with Crippen LogP contribution in [-0.2, 0) is 10.0 Å². The first kappa shape index (κ1) is 17.7. The van der Waals surface area contributed by atoms with Crippen LogP contribution in [0.5, 0.6) is 0 Å². The maximum absolute atomic E-state index is 12.7.